The van der Waals surface area contributed by atoms with E-state index in [-0.39, 0.29) is 11.8 Å². The van der Waals surface area contributed by atoms with E-state index in [1.807, 2.05) is 24.6 Å². The van der Waals surface area contributed by atoms with Crippen molar-refractivity contribution in [2.75, 3.05) is 11.9 Å². The lowest BCUT2D eigenvalue weighted by Crippen LogP contribution is -2.25. The lowest BCUT2D eigenvalue weighted by Gasteiger charge is -2.10. The highest BCUT2D eigenvalue weighted by Crippen LogP contribution is 2.33. The fraction of sp³-hybridized carbons (Fsp3) is 0.333. The molecular weight excluding hydrogens is 270 g/mol. The van der Waals surface area contributed by atoms with Crippen LogP contribution in [0.4, 0.5) is 5.69 Å². The Morgan fingerprint density at radius 3 is 3.15 bits per heavy atom. The molecule has 0 radical (unpaired) electrons. The first-order valence-electron chi connectivity index (χ1n) is 6.72. The van der Waals surface area contributed by atoms with Crippen molar-refractivity contribution in [2.24, 2.45) is 0 Å². The van der Waals surface area contributed by atoms with Crippen LogP contribution >= 0.6 is 11.3 Å². The SMILES string of the molecule is Cc1ncsc1CNC(=O)CC1CNc2ccccc21. The van der Waals surface area contributed by atoms with E-state index < -0.39 is 0 Å². The first-order chi connectivity index (χ1) is 9.74. The monoisotopic (exact) mass is 287 g/mol. The molecule has 0 saturated carbocycles. The molecule has 1 amide bonds. The van der Waals surface area contributed by atoms with E-state index >= 15 is 0 Å². The number of thiazole rings is 1. The molecule has 5 heteroatoms. The van der Waals surface area contributed by atoms with Gasteiger partial charge >= 0.3 is 0 Å². The van der Waals surface area contributed by atoms with Gasteiger partial charge in [0.1, 0.15) is 0 Å². The third kappa shape index (κ3) is 2.67. The molecule has 0 bridgehead atoms. The number of hydrogen-bond donors (Lipinski definition) is 2. The van der Waals surface area contributed by atoms with Gasteiger partial charge in [0.25, 0.3) is 0 Å². The second-order valence-corrected chi connectivity index (χ2v) is 5.95. The maximum atomic E-state index is 12.1. The Labute approximate surface area is 122 Å². The highest BCUT2D eigenvalue weighted by atomic mass is 32.1. The second-order valence-electron chi connectivity index (χ2n) is 5.01. The van der Waals surface area contributed by atoms with Crippen molar-refractivity contribution >= 4 is 22.9 Å². The minimum atomic E-state index is 0.0984. The molecule has 104 valence electrons. The zero-order valence-electron chi connectivity index (χ0n) is 11.3. The molecule has 2 heterocycles. The van der Waals surface area contributed by atoms with Crippen molar-refractivity contribution in [1.29, 1.82) is 0 Å². The number of nitrogens with one attached hydrogen (secondary N) is 2. The Kier molecular flexibility index (Phi) is 3.69. The van der Waals surface area contributed by atoms with Gasteiger partial charge in [0, 0.05) is 29.4 Å². The summed E-state index contributed by atoms with van der Waals surface area (Å²) in [6.07, 6.45) is 0.530. The molecule has 1 aromatic carbocycles. The lowest BCUT2D eigenvalue weighted by atomic mass is 9.97. The van der Waals surface area contributed by atoms with Gasteiger partial charge in [0.2, 0.25) is 5.91 Å². The zero-order valence-corrected chi connectivity index (χ0v) is 12.2. The quantitative estimate of drug-likeness (QED) is 0.909. The summed E-state index contributed by atoms with van der Waals surface area (Å²) in [6, 6.07) is 8.20. The van der Waals surface area contributed by atoms with Gasteiger partial charge in [-0.25, -0.2) is 4.98 Å². The normalized spacial score (nSPS) is 16.6. The number of nitrogens with zero attached hydrogens (tertiary/aromatic N) is 1. The van der Waals surface area contributed by atoms with Crippen molar-refractivity contribution in [3.63, 3.8) is 0 Å². The summed E-state index contributed by atoms with van der Waals surface area (Å²) in [5.41, 5.74) is 5.22. The maximum Gasteiger partial charge on any atom is 0.220 e. The van der Waals surface area contributed by atoms with Gasteiger partial charge in [0.15, 0.2) is 0 Å². The number of amides is 1. The summed E-state index contributed by atoms with van der Waals surface area (Å²) in [6.45, 7) is 3.39. The van der Waals surface area contributed by atoms with Crippen LogP contribution in [0.5, 0.6) is 0 Å². The molecule has 4 nitrogen and oxygen atoms in total. The third-order valence-corrected chi connectivity index (χ3v) is 4.60. The highest BCUT2D eigenvalue weighted by Gasteiger charge is 2.23. The smallest absolute Gasteiger partial charge is 0.220 e. The van der Waals surface area contributed by atoms with Crippen molar-refractivity contribution in [1.82, 2.24) is 10.3 Å². The van der Waals surface area contributed by atoms with E-state index in [0.717, 1.165) is 22.8 Å². The van der Waals surface area contributed by atoms with Gasteiger partial charge in [-0.3, -0.25) is 4.79 Å². The molecule has 0 spiro atoms. The molecule has 0 fully saturated rings. The molecule has 20 heavy (non-hydrogen) atoms. The van der Waals surface area contributed by atoms with Gasteiger partial charge in [0.05, 0.1) is 17.7 Å². The highest BCUT2D eigenvalue weighted by molar-refractivity contribution is 7.09. The molecular formula is C15H17N3OS. The van der Waals surface area contributed by atoms with Crippen LogP contribution in [0.15, 0.2) is 29.8 Å². The topological polar surface area (TPSA) is 54.0 Å². The third-order valence-electron chi connectivity index (χ3n) is 3.66. The predicted molar refractivity (Wildman–Crippen MR) is 81.0 cm³/mol. The second kappa shape index (κ2) is 5.63. The molecule has 0 aliphatic carbocycles. The average molecular weight is 287 g/mol. The largest absolute Gasteiger partial charge is 0.384 e. The van der Waals surface area contributed by atoms with Gasteiger partial charge in [-0.15, -0.1) is 11.3 Å². The summed E-state index contributed by atoms with van der Waals surface area (Å²) in [4.78, 5) is 17.4. The van der Waals surface area contributed by atoms with Gasteiger partial charge in [-0.05, 0) is 18.6 Å². The number of anilines is 1. The number of fused-ring (bicyclic) bond motifs is 1. The van der Waals surface area contributed by atoms with Crippen LogP contribution in [-0.4, -0.2) is 17.4 Å². The lowest BCUT2D eigenvalue weighted by molar-refractivity contribution is -0.121. The van der Waals surface area contributed by atoms with Crippen molar-refractivity contribution in [3.8, 4) is 0 Å². The molecule has 3 rings (SSSR count). The number of aromatic nitrogens is 1. The van der Waals surface area contributed by atoms with Gasteiger partial charge in [-0.1, -0.05) is 18.2 Å². The van der Waals surface area contributed by atoms with Gasteiger partial charge < -0.3 is 10.6 Å². The summed E-state index contributed by atoms with van der Waals surface area (Å²) < 4.78 is 0. The van der Waals surface area contributed by atoms with E-state index in [1.54, 1.807) is 11.3 Å². The molecule has 1 atom stereocenters. The van der Waals surface area contributed by atoms with E-state index in [4.69, 9.17) is 0 Å². The van der Waals surface area contributed by atoms with Crippen LogP contribution in [0.3, 0.4) is 0 Å². The number of aryl methyl sites for hydroxylation is 1. The van der Waals surface area contributed by atoms with Crippen LogP contribution in [0.25, 0.3) is 0 Å². The minimum Gasteiger partial charge on any atom is -0.384 e. The molecule has 0 saturated heterocycles. The Morgan fingerprint density at radius 2 is 2.35 bits per heavy atom. The Morgan fingerprint density at radius 1 is 1.50 bits per heavy atom. The predicted octanol–water partition coefficient (Wildman–Crippen LogP) is 2.67. The van der Waals surface area contributed by atoms with E-state index in [0.29, 0.717) is 13.0 Å². The Hall–Kier alpha value is -1.88. The van der Waals surface area contributed by atoms with Crippen molar-refractivity contribution < 1.29 is 4.79 Å². The number of rotatable bonds is 4. The van der Waals surface area contributed by atoms with Crippen molar-refractivity contribution in [2.45, 2.75) is 25.8 Å². The standard InChI is InChI=1S/C15H17N3OS/c1-10-14(20-9-18-10)8-17-15(19)6-11-7-16-13-5-3-2-4-12(11)13/h2-5,9,11,16H,6-8H2,1H3,(H,17,19). The summed E-state index contributed by atoms with van der Waals surface area (Å²) in [5.74, 6) is 0.370. The van der Waals surface area contributed by atoms with Crippen LogP contribution < -0.4 is 10.6 Å². The first-order valence-corrected chi connectivity index (χ1v) is 7.60. The number of para-hydroxylation sites is 1. The molecule has 1 unspecified atom stereocenters. The Bertz CT molecular complexity index is 623. The zero-order chi connectivity index (χ0) is 13.9. The van der Waals surface area contributed by atoms with E-state index in [9.17, 15) is 4.79 Å². The van der Waals surface area contributed by atoms with Crippen LogP contribution in [0.2, 0.25) is 0 Å². The number of benzene rings is 1. The van der Waals surface area contributed by atoms with Gasteiger partial charge in [-0.2, -0.15) is 0 Å². The summed E-state index contributed by atoms with van der Waals surface area (Å²) in [5, 5.41) is 6.33. The summed E-state index contributed by atoms with van der Waals surface area (Å²) in [7, 11) is 0. The fourth-order valence-electron chi connectivity index (χ4n) is 2.51. The van der Waals surface area contributed by atoms with E-state index in [1.165, 1.54) is 5.56 Å². The van der Waals surface area contributed by atoms with Crippen LogP contribution in [-0.2, 0) is 11.3 Å². The molecule has 1 aliphatic heterocycles. The molecule has 1 aliphatic rings. The maximum absolute atomic E-state index is 12.1. The molecule has 1 aromatic heterocycles. The van der Waals surface area contributed by atoms with Crippen molar-refractivity contribution in [3.05, 3.63) is 45.9 Å². The average Bonchev–Trinajstić information content (AvgIpc) is 3.04. The number of carbonyl (C=O) groups excluding carboxylic acids is 1. The fourth-order valence-corrected chi connectivity index (χ4v) is 3.23. The molecule has 2 N–H and O–H groups in total. The summed E-state index contributed by atoms with van der Waals surface area (Å²) >= 11 is 1.58. The minimum absolute atomic E-state index is 0.0984. The number of hydrogen-bond acceptors (Lipinski definition) is 4. The van der Waals surface area contributed by atoms with Crippen LogP contribution in [0, 0.1) is 6.92 Å². The number of carbonyl (C=O) groups is 1. The van der Waals surface area contributed by atoms with Crippen LogP contribution in [0.1, 0.15) is 28.5 Å². The van der Waals surface area contributed by atoms with E-state index in [2.05, 4.69) is 27.8 Å². The molecule has 2 aromatic rings. The Balaban J connectivity index is 1.57. The first kappa shape index (κ1) is 13.1.